The number of nitrogens with two attached hydrogens (primary N) is 1. The number of rotatable bonds is 26. The molecule has 0 aliphatic heterocycles. The number of nitrogens with one attached hydrogen (secondary N) is 5. The second-order valence-electron chi connectivity index (χ2n) is 16.6. The van der Waals surface area contributed by atoms with E-state index in [-0.39, 0.29) is 87.7 Å². The van der Waals surface area contributed by atoms with Crippen LogP contribution in [0.4, 0.5) is 28.4 Å². The molecule has 1 atom stereocenters. The normalized spacial score (nSPS) is 11.0. The zero-order chi connectivity index (χ0) is 54.8. The summed E-state index contributed by atoms with van der Waals surface area (Å²) in [5, 5.41) is 25.1. The number of benzene rings is 5. The number of primary amides is 1. The maximum absolute atomic E-state index is 13.7. The molecule has 0 aliphatic rings. The van der Waals surface area contributed by atoms with Crippen molar-refractivity contribution in [2.24, 2.45) is 5.73 Å². The predicted molar refractivity (Wildman–Crippen MR) is 280 cm³/mol. The van der Waals surface area contributed by atoms with E-state index in [9.17, 15) is 43.7 Å². The van der Waals surface area contributed by atoms with E-state index in [1.54, 1.807) is 27.7 Å². The van der Waals surface area contributed by atoms with Crippen LogP contribution in [-0.2, 0) is 14.3 Å². The number of amides is 6. The van der Waals surface area contributed by atoms with Crippen LogP contribution >= 0.6 is 0 Å². The molecule has 0 radical (unpaired) electrons. The fraction of sp³-hybridized carbons (Fsp3) is 0.204. The average Bonchev–Trinajstić information content (AvgIpc) is 3.37. The van der Waals surface area contributed by atoms with Crippen molar-refractivity contribution in [1.82, 2.24) is 5.32 Å². The van der Waals surface area contributed by atoms with Gasteiger partial charge in [0.1, 0.15) is 25.9 Å². The minimum absolute atomic E-state index is 0.0119. The van der Waals surface area contributed by atoms with Gasteiger partial charge in [-0.15, -0.1) is 0 Å². The van der Waals surface area contributed by atoms with Gasteiger partial charge in [-0.2, -0.15) is 0 Å². The number of carbonyl (C=O) groups excluding carboxylic acids is 7. The Kier molecular flexibility index (Phi) is 19.9. The number of nitro groups is 1. The quantitative estimate of drug-likeness (QED) is 0.0132. The summed E-state index contributed by atoms with van der Waals surface area (Å²) in [6.07, 6.45) is 2.78. The fourth-order valence-electron chi connectivity index (χ4n) is 6.78. The molecule has 0 spiro atoms. The Bertz CT molecular complexity index is 2970. The van der Waals surface area contributed by atoms with E-state index in [1.165, 1.54) is 109 Å². The highest BCUT2D eigenvalue weighted by Gasteiger charge is 2.29. The van der Waals surface area contributed by atoms with Crippen molar-refractivity contribution in [2.75, 3.05) is 41.1 Å². The van der Waals surface area contributed by atoms with Crippen LogP contribution in [0.5, 0.6) is 23.0 Å². The summed E-state index contributed by atoms with van der Waals surface area (Å²) in [6, 6.07) is 21.0. The van der Waals surface area contributed by atoms with Crippen LogP contribution in [-0.4, -0.2) is 84.4 Å². The number of hydrogen-bond donors (Lipinski definition) is 6. The molecule has 21 nitrogen and oxygen atoms in total. The Morgan fingerprint density at radius 2 is 1.01 bits per heavy atom. The topological polar surface area (TPSA) is 295 Å². The summed E-state index contributed by atoms with van der Waals surface area (Å²) in [7, 11) is 0. The van der Waals surface area contributed by atoms with E-state index in [0.29, 0.717) is 5.69 Å². The minimum atomic E-state index is -1.45. The first-order valence-electron chi connectivity index (χ1n) is 23.0. The zero-order valence-corrected chi connectivity index (χ0v) is 41.4. The van der Waals surface area contributed by atoms with Gasteiger partial charge >= 0.3 is 11.7 Å². The Labute approximate surface area is 431 Å². The minimum Gasteiger partial charge on any atom is -0.485 e. The molecular weight excluding hydrogens is 971 g/mol. The molecule has 390 valence electrons. The summed E-state index contributed by atoms with van der Waals surface area (Å²) in [5.74, 6) is -5.28. The Morgan fingerprint density at radius 3 is 1.49 bits per heavy atom. The number of ether oxygens (including phenoxy) is 5. The van der Waals surface area contributed by atoms with E-state index in [0.717, 1.165) is 6.07 Å². The van der Waals surface area contributed by atoms with Gasteiger partial charge in [0, 0.05) is 34.3 Å². The van der Waals surface area contributed by atoms with Crippen molar-refractivity contribution in [1.29, 1.82) is 0 Å². The van der Waals surface area contributed by atoms with Crippen molar-refractivity contribution >= 4 is 69.8 Å². The summed E-state index contributed by atoms with van der Waals surface area (Å²) >= 11 is 0. The molecule has 0 aromatic heterocycles. The van der Waals surface area contributed by atoms with E-state index in [2.05, 4.69) is 46.3 Å². The third-order valence-corrected chi connectivity index (χ3v) is 10.1. The standard InChI is InChI=1S/C54H55N7O14/c1-8-27-71-45-39(51(65)57-37-21-15-35(16-22-37)54(68)73-29-10-3)23-25-41(47(45)74-31(4)5)59-49(63)33-13-19-38(20-14-33)58-53(67)42(30-44(55)62)60-50(64)34-11-17-36(18-12-34)56-52(66)40-24-26-43(61(69)70)48(75-32(6)7)46(40)72-28-9-2/h8-26,31-32,42H,1-3,27-30H2,4-7H3,(H2,55,62)(H,56,66)(H,57,65)(H,58,67)(H,59,63)(H,60,64)/t42-/m0/s1. The first-order valence-corrected chi connectivity index (χ1v) is 23.0. The maximum Gasteiger partial charge on any atom is 0.338 e. The second kappa shape index (κ2) is 26.6. The van der Waals surface area contributed by atoms with Gasteiger partial charge in [-0.1, -0.05) is 38.0 Å². The molecule has 0 aliphatic carbocycles. The van der Waals surface area contributed by atoms with Crippen LogP contribution in [0, 0.1) is 10.1 Å². The van der Waals surface area contributed by atoms with Crippen LogP contribution in [0.1, 0.15) is 85.9 Å². The van der Waals surface area contributed by atoms with Gasteiger partial charge in [0.15, 0.2) is 17.2 Å². The van der Waals surface area contributed by atoms with Crippen molar-refractivity contribution in [3.63, 3.8) is 0 Å². The Balaban J connectivity index is 1.26. The van der Waals surface area contributed by atoms with Crippen LogP contribution in [0.25, 0.3) is 0 Å². The Hall–Kier alpha value is -9.79. The third kappa shape index (κ3) is 15.6. The third-order valence-electron chi connectivity index (χ3n) is 10.1. The van der Waals surface area contributed by atoms with Gasteiger partial charge in [0.25, 0.3) is 23.6 Å². The van der Waals surface area contributed by atoms with Crippen molar-refractivity contribution < 1.29 is 62.2 Å². The lowest BCUT2D eigenvalue weighted by Gasteiger charge is -2.21. The van der Waals surface area contributed by atoms with Crippen LogP contribution in [0.15, 0.2) is 135 Å². The summed E-state index contributed by atoms with van der Waals surface area (Å²) in [4.78, 5) is 103. The SMILES string of the molecule is C=CCOC(=O)c1ccc(NC(=O)c2ccc(NC(=O)c3ccc(NC(=O)[C@H](CC(N)=O)NC(=O)c4ccc(NC(=O)c5ccc([N+](=O)[O-])c(OC(C)C)c5OCC=C)cc4)cc3)c(OC(C)C)c2OCC=C)cc1. The highest BCUT2D eigenvalue weighted by atomic mass is 16.6. The fourth-order valence-corrected chi connectivity index (χ4v) is 6.78. The van der Waals surface area contributed by atoms with Gasteiger partial charge in [0.2, 0.25) is 17.6 Å². The van der Waals surface area contributed by atoms with E-state index in [1.807, 2.05) is 0 Å². The molecule has 0 fully saturated rings. The molecule has 0 saturated carbocycles. The number of carbonyl (C=O) groups is 7. The number of anilines is 4. The Morgan fingerprint density at radius 1 is 0.560 bits per heavy atom. The molecule has 7 N–H and O–H groups in total. The number of esters is 1. The molecule has 75 heavy (non-hydrogen) atoms. The number of nitrogens with zero attached hydrogens (tertiary/aromatic N) is 1. The molecule has 0 saturated heterocycles. The van der Waals surface area contributed by atoms with E-state index >= 15 is 0 Å². The largest absolute Gasteiger partial charge is 0.485 e. The van der Waals surface area contributed by atoms with E-state index < -0.39 is 76.7 Å². The van der Waals surface area contributed by atoms with Gasteiger partial charge in [0.05, 0.1) is 45.9 Å². The van der Waals surface area contributed by atoms with Crippen LogP contribution in [0.2, 0.25) is 0 Å². The van der Waals surface area contributed by atoms with Gasteiger partial charge < -0.3 is 56.0 Å². The summed E-state index contributed by atoms with van der Waals surface area (Å²) in [6.45, 7) is 17.5. The molecular formula is C54H55N7O14. The van der Waals surface area contributed by atoms with Crippen molar-refractivity contribution in [3.05, 3.63) is 173 Å². The lowest BCUT2D eigenvalue weighted by Crippen LogP contribution is -2.46. The molecule has 21 heteroatoms. The molecule has 0 bridgehead atoms. The second-order valence-corrected chi connectivity index (χ2v) is 16.6. The van der Waals surface area contributed by atoms with Gasteiger partial charge in [-0.05, 0) is 119 Å². The zero-order valence-electron chi connectivity index (χ0n) is 41.4. The van der Waals surface area contributed by atoms with Crippen LogP contribution in [0.3, 0.4) is 0 Å². The monoisotopic (exact) mass is 1030 g/mol. The smallest absolute Gasteiger partial charge is 0.338 e. The first kappa shape index (κ1) is 56.1. The van der Waals surface area contributed by atoms with Gasteiger partial charge in [-0.25, -0.2) is 4.79 Å². The number of hydrogen-bond acceptors (Lipinski definition) is 14. The highest BCUT2D eigenvalue weighted by molar-refractivity contribution is 6.10. The highest BCUT2D eigenvalue weighted by Crippen LogP contribution is 2.42. The molecule has 0 unspecified atom stereocenters. The lowest BCUT2D eigenvalue weighted by atomic mass is 10.1. The van der Waals surface area contributed by atoms with Crippen molar-refractivity contribution in [2.45, 2.75) is 52.4 Å². The van der Waals surface area contributed by atoms with Gasteiger partial charge in [-0.3, -0.25) is 38.9 Å². The first-order chi connectivity index (χ1) is 35.8. The predicted octanol–water partition coefficient (Wildman–Crippen LogP) is 8.01. The lowest BCUT2D eigenvalue weighted by molar-refractivity contribution is -0.386. The summed E-state index contributed by atoms with van der Waals surface area (Å²) in [5.41, 5.74) is 6.39. The average molecular weight is 1030 g/mol. The number of nitro benzene ring substituents is 1. The maximum atomic E-state index is 13.7. The van der Waals surface area contributed by atoms with Crippen molar-refractivity contribution in [3.8, 4) is 23.0 Å². The van der Waals surface area contributed by atoms with E-state index in [4.69, 9.17) is 29.4 Å². The molecule has 5 aromatic rings. The molecule has 5 rings (SSSR count). The molecule has 6 amide bonds. The molecule has 5 aromatic carbocycles. The summed E-state index contributed by atoms with van der Waals surface area (Å²) < 4.78 is 28.4. The molecule has 0 heterocycles. The van der Waals surface area contributed by atoms with Crippen LogP contribution < -0.4 is 51.3 Å².